The molecule has 23 nitrogen and oxygen atoms in total. The van der Waals surface area contributed by atoms with Crippen molar-refractivity contribution in [1.82, 2.24) is 57.8 Å². The Balaban J connectivity index is 2.03. The summed E-state index contributed by atoms with van der Waals surface area (Å²) in [5.74, 6) is -7.71. The molecule has 1 unspecified atom stereocenters. The highest BCUT2D eigenvalue weighted by molar-refractivity contribution is 5.98. The summed E-state index contributed by atoms with van der Waals surface area (Å²) in [4.78, 5) is 127. The summed E-state index contributed by atoms with van der Waals surface area (Å²) in [6, 6.07) is 0.824. The number of nitrogens with two attached hydrogens (primary N) is 2. The molecule has 0 saturated carbocycles. The summed E-state index contributed by atoms with van der Waals surface area (Å²) in [5, 5.41) is 30.6. The summed E-state index contributed by atoms with van der Waals surface area (Å²) in [6.07, 6.45) is 2.95. The molecule has 63 heavy (non-hydrogen) atoms. The van der Waals surface area contributed by atoms with E-state index < -0.39 is 108 Å². The van der Waals surface area contributed by atoms with Gasteiger partial charge in [0, 0.05) is 39.1 Å². The number of aromatic amines is 1. The van der Waals surface area contributed by atoms with Crippen molar-refractivity contribution in [1.29, 1.82) is 5.41 Å². The number of guanidine groups is 1. The number of amides is 9. The standard InChI is InChI=1S/C40H60N14O9/c1-22(2)33-39(63)47-20-32(57)50-26(34(41)58)12-7-8-14-45-31(56)18-30(53-35(59)27(49-23(3)55)13-9-15-46-40(42)43)37(61)52-29(17-25-19-44-21-48-25)36(60)51-28(38(62)54-33)16-24-10-5-4-6-11-24/h4-6,10-11,19,21-22,26-30,33H,7-9,12-18,20H2,1-3H3,(H2,41,58)(H,44,48)(H,45,56)(H,47,63)(H,49,55)(H,50,57)(H,51,60)(H,52,61)(H,53,59)(H,54,62)(H4,42,43,46)/t26-,27-,28+,29-,30-,33?/m0/s1. The molecular weight excluding hydrogens is 821 g/mol. The number of carbonyl (C=O) groups excluding carboxylic acids is 9. The van der Waals surface area contributed by atoms with Gasteiger partial charge in [-0.05, 0) is 43.6 Å². The maximum Gasteiger partial charge on any atom is 0.243 e. The average molecular weight is 881 g/mol. The summed E-state index contributed by atoms with van der Waals surface area (Å²) in [5.41, 5.74) is 11.8. The molecule has 23 heteroatoms. The van der Waals surface area contributed by atoms with Gasteiger partial charge < -0.3 is 64.3 Å². The molecule has 6 atom stereocenters. The van der Waals surface area contributed by atoms with Gasteiger partial charge in [0.2, 0.25) is 53.2 Å². The lowest BCUT2D eigenvalue weighted by molar-refractivity contribution is -0.136. The summed E-state index contributed by atoms with van der Waals surface area (Å²) in [7, 11) is 0. The zero-order valence-electron chi connectivity index (χ0n) is 35.6. The van der Waals surface area contributed by atoms with Crippen LogP contribution in [0.15, 0.2) is 42.9 Å². The number of rotatable bonds is 13. The molecule has 3 rings (SSSR count). The first-order valence-electron chi connectivity index (χ1n) is 20.6. The van der Waals surface area contributed by atoms with Crippen LogP contribution >= 0.6 is 0 Å². The normalized spacial score (nSPS) is 21.8. The smallest absolute Gasteiger partial charge is 0.243 e. The molecule has 0 spiro atoms. The molecule has 344 valence electrons. The molecule has 15 N–H and O–H groups in total. The zero-order chi connectivity index (χ0) is 46.5. The summed E-state index contributed by atoms with van der Waals surface area (Å²) < 4.78 is 0. The van der Waals surface area contributed by atoms with Gasteiger partial charge in [0.05, 0.1) is 25.0 Å². The Bertz CT molecular complexity index is 1910. The Morgan fingerprint density at radius 1 is 0.857 bits per heavy atom. The highest BCUT2D eigenvalue weighted by Crippen LogP contribution is 2.10. The minimum Gasteiger partial charge on any atom is -0.370 e. The highest BCUT2D eigenvalue weighted by atomic mass is 16.2. The van der Waals surface area contributed by atoms with Crippen LogP contribution in [-0.4, -0.2) is 125 Å². The van der Waals surface area contributed by atoms with Crippen LogP contribution in [0.1, 0.15) is 70.6 Å². The van der Waals surface area contributed by atoms with Crippen LogP contribution in [0.2, 0.25) is 0 Å². The first kappa shape index (κ1) is 50.3. The van der Waals surface area contributed by atoms with Crippen LogP contribution in [0.3, 0.4) is 0 Å². The lowest BCUT2D eigenvalue weighted by Crippen LogP contribution is -2.60. The largest absolute Gasteiger partial charge is 0.370 e. The highest BCUT2D eigenvalue weighted by Gasteiger charge is 2.34. The van der Waals surface area contributed by atoms with E-state index in [0.29, 0.717) is 24.1 Å². The van der Waals surface area contributed by atoms with Crippen molar-refractivity contribution < 1.29 is 43.2 Å². The van der Waals surface area contributed by atoms with Crippen LogP contribution in [0.4, 0.5) is 0 Å². The van der Waals surface area contributed by atoms with E-state index in [1.54, 1.807) is 44.2 Å². The SMILES string of the molecule is CC(=O)N[C@@H](CCCNC(=N)N)C(=O)N[C@H]1CC(=O)NCCCC[C@@H](C(N)=O)NC(=O)CNC(=O)C(C(C)C)NC(=O)[C@@H](Cc2ccccc2)NC(=O)[C@H](Cc2c[nH]cn2)NC1=O. The molecular formula is C40H60N14O9. The van der Waals surface area contributed by atoms with Gasteiger partial charge >= 0.3 is 0 Å². The maximum absolute atomic E-state index is 14.3. The quantitative estimate of drug-likeness (QED) is 0.0526. The van der Waals surface area contributed by atoms with Crippen molar-refractivity contribution in [2.24, 2.45) is 17.4 Å². The number of aromatic nitrogens is 2. The molecule has 1 aliphatic heterocycles. The monoisotopic (exact) mass is 880 g/mol. The van der Waals surface area contributed by atoms with Crippen LogP contribution in [0, 0.1) is 11.3 Å². The molecule has 2 aromatic rings. The van der Waals surface area contributed by atoms with E-state index in [0.717, 1.165) is 0 Å². The summed E-state index contributed by atoms with van der Waals surface area (Å²) >= 11 is 0. The molecule has 1 fully saturated rings. The third kappa shape index (κ3) is 18.2. The second-order valence-electron chi connectivity index (χ2n) is 15.4. The van der Waals surface area contributed by atoms with E-state index in [-0.39, 0.29) is 51.2 Å². The topological polar surface area (TPSA) is 366 Å². The number of imidazole rings is 1. The van der Waals surface area contributed by atoms with E-state index in [2.05, 4.69) is 57.8 Å². The first-order valence-corrected chi connectivity index (χ1v) is 20.6. The van der Waals surface area contributed by atoms with Gasteiger partial charge in [-0.3, -0.25) is 48.6 Å². The number of nitrogens with one attached hydrogen (secondary N) is 11. The van der Waals surface area contributed by atoms with Crippen molar-refractivity contribution in [2.45, 2.75) is 108 Å². The van der Waals surface area contributed by atoms with Crippen LogP contribution in [-0.2, 0) is 56.0 Å². The number of H-pyrrole nitrogens is 1. The van der Waals surface area contributed by atoms with E-state index in [9.17, 15) is 43.2 Å². The Hall–Kier alpha value is -7.07. The number of primary amides is 1. The van der Waals surface area contributed by atoms with Crippen molar-refractivity contribution in [2.75, 3.05) is 19.6 Å². The zero-order valence-corrected chi connectivity index (χ0v) is 35.6. The van der Waals surface area contributed by atoms with Crippen molar-refractivity contribution in [3.63, 3.8) is 0 Å². The number of nitrogens with zero attached hydrogens (tertiary/aromatic N) is 1. The molecule has 0 bridgehead atoms. The van der Waals surface area contributed by atoms with Crippen LogP contribution in [0.25, 0.3) is 0 Å². The Morgan fingerprint density at radius 3 is 2.17 bits per heavy atom. The fraction of sp³-hybridized carbons (Fsp3) is 0.525. The number of carbonyl (C=O) groups is 9. The van der Waals surface area contributed by atoms with Gasteiger partial charge in [0.25, 0.3) is 0 Å². The predicted molar refractivity (Wildman–Crippen MR) is 227 cm³/mol. The van der Waals surface area contributed by atoms with E-state index in [1.807, 2.05) is 0 Å². The molecule has 0 aliphatic carbocycles. The molecule has 1 saturated heterocycles. The van der Waals surface area contributed by atoms with E-state index >= 15 is 0 Å². The molecule has 0 radical (unpaired) electrons. The van der Waals surface area contributed by atoms with Crippen LogP contribution < -0.4 is 59.3 Å². The minimum absolute atomic E-state index is 0.0490. The lowest BCUT2D eigenvalue weighted by atomic mass is 10.0. The fourth-order valence-corrected chi connectivity index (χ4v) is 6.51. The molecule has 9 amide bonds. The third-order valence-corrected chi connectivity index (χ3v) is 9.81. The number of hydrogen-bond acceptors (Lipinski definition) is 11. The van der Waals surface area contributed by atoms with Gasteiger partial charge in [0.1, 0.15) is 36.3 Å². The van der Waals surface area contributed by atoms with Gasteiger partial charge in [-0.2, -0.15) is 0 Å². The summed E-state index contributed by atoms with van der Waals surface area (Å²) in [6.45, 7) is 4.23. The molecule has 1 aliphatic rings. The van der Waals surface area contributed by atoms with Crippen LogP contribution in [0.5, 0.6) is 0 Å². The molecule has 1 aromatic heterocycles. The molecule has 2 heterocycles. The van der Waals surface area contributed by atoms with E-state index in [1.165, 1.54) is 19.4 Å². The Labute approximate surface area is 364 Å². The third-order valence-electron chi connectivity index (χ3n) is 9.81. The lowest BCUT2D eigenvalue weighted by Gasteiger charge is -2.28. The van der Waals surface area contributed by atoms with Gasteiger partial charge in [-0.1, -0.05) is 44.2 Å². The second kappa shape index (κ2) is 25.6. The van der Waals surface area contributed by atoms with Gasteiger partial charge in [0.15, 0.2) is 5.96 Å². The van der Waals surface area contributed by atoms with Crippen molar-refractivity contribution in [3.05, 3.63) is 54.1 Å². The maximum atomic E-state index is 14.3. The first-order chi connectivity index (χ1) is 29.9. The Kier molecular flexibility index (Phi) is 20.5. The average Bonchev–Trinajstić information content (AvgIpc) is 3.74. The van der Waals surface area contributed by atoms with Crippen molar-refractivity contribution >= 4 is 59.1 Å². The van der Waals surface area contributed by atoms with Gasteiger partial charge in [-0.15, -0.1) is 0 Å². The Morgan fingerprint density at radius 2 is 1.54 bits per heavy atom. The minimum atomic E-state index is -1.61. The number of benzene rings is 1. The predicted octanol–water partition coefficient (Wildman–Crippen LogP) is -3.67. The fourth-order valence-electron chi connectivity index (χ4n) is 6.51. The van der Waals surface area contributed by atoms with Gasteiger partial charge in [-0.25, -0.2) is 4.98 Å². The molecule has 1 aromatic carbocycles. The van der Waals surface area contributed by atoms with E-state index in [4.69, 9.17) is 16.9 Å². The number of hydrogen-bond donors (Lipinski definition) is 13. The van der Waals surface area contributed by atoms with Crippen molar-refractivity contribution in [3.8, 4) is 0 Å². The second-order valence-corrected chi connectivity index (χ2v) is 15.4.